The van der Waals surface area contributed by atoms with Gasteiger partial charge in [-0.3, -0.25) is 4.79 Å². The molecule has 1 heterocycles. The topological polar surface area (TPSA) is 44.4 Å². The molecule has 2 unspecified atom stereocenters. The molecule has 16 heavy (non-hydrogen) atoms. The Labute approximate surface area is 98.8 Å². The average molecular weight is 227 g/mol. The van der Waals surface area contributed by atoms with Gasteiger partial charge in [-0.1, -0.05) is 13.8 Å². The van der Waals surface area contributed by atoms with Gasteiger partial charge in [-0.15, -0.1) is 0 Å². The van der Waals surface area contributed by atoms with E-state index >= 15 is 0 Å². The SMILES string of the molecule is CNC(=O)C(C)CN(C)CC1(C)CCNC1. The van der Waals surface area contributed by atoms with E-state index in [1.165, 1.54) is 6.42 Å². The number of carbonyl (C=O) groups is 1. The summed E-state index contributed by atoms with van der Waals surface area (Å²) in [6.07, 6.45) is 1.23. The fourth-order valence-corrected chi connectivity index (χ4v) is 2.52. The van der Waals surface area contributed by atoms with Crippen LogP contribution in [0.3, 0.4) is 0 Å². The summed E-state index contributed by atoms with van der Waals surface area (Å²) >= 11 is 0. The lowest BCUT2D eigenvalue weighted by Crippen LogP contribution is -2.40. The number of hydrogen-bond donors (Lipinski definition) is 2. The van der Waals surface area contributed by atoms with Crippen molar-refractivity contribution in [2.24, 2.45) is 11.3 Å². The third kappa shape index (κ3) is 3.76. The standard InChI is InChI=1S/C12H25N3O/c1-10(11(16)13-3)7-15(4)9-12(2)5-6-14-8-12/h10,14H,5-9H2,1-4H3,(H,13,16). The maximum Gasteiger partial charge on any atom is 0.223 e. The van der Waals surface area contributed by atoms with E-state index in [-0.39, 0.29) is 11.8 Å². The van der Waals surface area contributed by atoms with Gasteiger partial charge >= 0.3 is 0 Å². The third-order valence-corrected chi connectivity index (χ3v) is 3.39. The molecular weight excluding hydrogens is 202 g/mol. The molecule has 0 aromatic carbocycles. The molecule has 1 fully saturated rings. The molecule has 1 aliphatic rings. The molecule has 0 aliphatic carbocycles. The largest absolute Gasteiger partial charge is 0.359 e. The molecule has 0 bridgehead atoms. The highest BCUT2D eigenvalue weighted by atomic mass is 16.1. The van der Waals surface area contributed by atoms with Crippen LogP contribution >= 0.6 is 0 Å². The molecule has 0 aromatic rings. The van der Waals surface area contributed by atoms with Crippen molar-refractivity contribution in [2.75, 3.05) is 40.3 Å². The molecule has 2 N–H and O–H groups in total. The first kappa shape index (κ1) is 13.5. The predicted octanol–water partition coefficient (Wildman–Crippen LogP) is 0.300. The maximum atomic E-state index is 11.4. The monoisotopic (exact) mass is 227 g/mol. The van der Waals surface area contributed by atoms with Gasteiger partial charge in [-0.25, -0.2) is 0 Å². The molecule has 0 saturated carbocycles. The number of nitrogens with one attached hydrogen (secondary N) is 2. The molecule has 0 aromatic heterocycles. The summed E-state index contributed by atoms with van der Waals surface area (Å²) in [4.78, 5) is 13.7. The van der Waals surface area contributed by atoms with Crippen molar-refractivity contribution < 1.29 is 4.79 Å². The summed E-state index contributed by atoms with van der Waals surface area (Å²) in [6, 6.07) is 0. The van der Waals surface area contributed by atoms with Gasteiger partial charge < -0.3 is 15.5 Å². The number of rotatable bonds is 5. The molecule has 1 saturated heterocycles. The average Bonchev–Trinajstić information content (AvgIpc) is 2.62. The Morgan fingerprint density at radius 1 is 1.62 bits per heavy atom. The van der Waals surface area contributed by atoms with Gasteiger partial charge in [0.15, 0.2) is 0 Å². The molecule has 4 nitrogen and oxygen atoms in total. The van der Waals surface area contributed by atoms with Crippen molar-refractivity contribution in [1.82, 2.24) is 15.5 Å². The molecule has 1 rings (SSSR count). The van der Waals surface area contributed by atoms with Gasteiger partial charge in [0, 0.05) is 32.6 Å². The quantitative estimate of drug-likeness (QED) is 0.710. The molecular formula is C12H25N3O. The summed E-state index contributed by atoms with van der Waals surface area (Å²) < 4.78 is 0. The minimum Gasteiger partial charge on any atom is -0.359 e. The van der Waals surface area contributed by atoms with Crippen molar-refractivity contribution in [1.29, 1.82) is 0 Å². The van der Waals surface area contributed by atoms with Crippen molar-refractivity contribution in [3.05, 3.63) is 0 Å². The second-order valence-corrected chi connectivity index (χ2v) is 5.45. The molecule has 0 radical (unpaired) electrons. The van der Waals surface area contributed by atoms with Gasteiger partial charge in [0.2, 0.25) is 5.91 Å². The fraction of sp³-hybridized carbons (Fsp3) is 0.917. The van der Waals surface area contributed by atoms with E-state index in [9.17, 15) is 4.79 Å². The van der Waals surface area contributed by atoms with Crippen LogP contribution in [0.5, 0.6) is 0 Å². The second kappa shape index (κ2) is 5.64. The van der Waals surface area contributed by atoms with Gasteiger partial charge in [-0.05, 0) is 25.4 Å². The molecule has 2 atom stereocenters. The highest BCUT2D eigenvalue weighted by molar-refractivity contribution is 5.78. The molecule has 1 aliphatic heterocycles. The normalized spacial score (nSPS) is 27.1. The number of carbonyl (C=O) groups excluding carboxylic acids is 1. The first-order valence-electron chi connectivity index (χ1n) is 6.08. The summed E-state index contributed by atoms with van der Waals surface area (Å²) in [6.45, 7) is 8.39. The second-order valence-electron chi connectivity index (χ2n) is 5.45. The first-order valence-corrected chi connectivity index (χ1v) is 6.08. The fourth-order valence-electron chi connectivity index (χ4n) is 2.52. The maximum absolute atomic E-state index is 11.4. The number of hydrogen-bond acceptors (Lipinski definition) is 3. The molecule has 94 valence electrons. The Morgan fingerprint density at radius 3 is 2.81 bits per heavy atom. The summed E-state index contributed by atoms with van der Waals surface area (Å²) in [7, 11) is 3.80. The predicted molar refractivity (Wildman–Crippen MR) is 66.3 cm³/mol. The van der Waals surface area contributed by atoms with Gasteiger partial charge in [0.05, 0.1) is 0 Å². The van der Waals surface area contributed by atoms with Crippen molar-refractivity contribution in [3.8, 4) is 0 Å². The Morgan fingerprint density at radius 2 is 2.31 bits per heavy atom. The lowest BCUT2D eigenvalue weighted by molar-refractivity contribution is -0.124. The van der Waals surface area contributed by atoms with E-state index < -0.39 is 0 Å². The summed E-state index contributed by atoms with van der Waals surface area (Å²) in [5.41, 5.74) is 0.372. The van der Waals surface area contributed by atoms with Crippen LogP contribution in [0, 0.1) is 11.3 Å². The lowest BCUT2D eigenvalue weighted by atomic mass is 9.89. The van der Waals surface area contributed by atoms with Gasteiger partial charge in [0.25, 0.3) is 0 Å². The van der Waals surface area contributed by atoms with E-state index in [4.69, 9.17) is 0 Å². The van der Waals surface area contributed by atoms with E-state index in [0.717, 1.165) is 26.2 Å². The van der Waals surface area contributed by atoms with Crippen molar-refractivity contribution >= 4 is 5.91 Å². The number of nitrogens with zero attached hydrogens (tertiary/aromatic N) is 1. The molecule has 0 spiro atoms. The Balaban J connectivity index is 2.35. The van der Waals surface area contributed by atoms with Crippen LogP contribution in [-0.2, 0) is 4.79 Å². The van der Waals surface area contributed by atoms with Crippen LogP contribution < -0.4 is 10.6 Å². The van der Waals surface area contributed by atoms with Crippen LogP contribution in [0.15, 0.2) is 0 Å². The van der Waals surface area contributed by atoms with Gasteiger partial charge in [-0.2, -0.15) is 0 Å². The summed E-state index contributed by atoms with van der Waals surface area (Å²) in [5, 5.41) is 6.09. The van der Waals surface area contributed by atoms with Crippen LogP contribution in [-0.4, -0.2) is 51.1 Å². The molecule has 4 heteroatoms. The summed E-state index contributed by atoms with van der Waals surface area (Å²) in [5.74, 6) is 0.189. The Bertz CT molecular complexity index is 236. The zero-order chi connectivity index (χ0) is 12.2. The van der Waals surface area contributed by atoms with Gasteiger partial charge in [0.1, 0.15) is 0 Å². The van der Waals surface area contributed by atoms with Crippen molar-refractivity contribution in [3.63, 3.8) is 0 Å². The smallest absolute Gasteiger partial charge is 0.223 e. The highest BCUT2D eigenvalue weighted by Gasteiger charge is 2.30. The van der Waals surface area contributed by atoms with E-state index in [2.05, 4.69) is 29.5 Å². The third-order valence-electron chi connectivity index (χ3n) is 3.39. The minimum atomic E-state index is 0.0629. The van der Waals surface area contributed by atoms with Crippen LogP contribution in [0.1, 0.15) is 20.3 Å². The minimum absolute atomic E-state index is 0.0629. The van der Waals surface area contributed by atoms with Crippen LogP contribution in [0.4, 0.5) is 0 Å². The first-order chi connectivity index (χ1) is 7.47. The zero-order valence-electron chi connectivity index (χ0n) is 11.0. The Hall–Kier alpha value is -0.610. The number of amides is 1. The van der Waals surface area contributed by atoms with Crippen molar-refractivity contribution in [2.45, 2.75) is 20.3 Å². The zero-order valence-corrected chi connectivity index (χ0v) is 11.0. The lowest BCUT2D eigenvalue weighted by Gasteiger charge is -2.30. The van der Waals surface area contributed by atoms with E-state index in [1.807, 2.05) is 6.92 Å². The highest BCUT2D eigenvalue weighted by Crippen LogP contribution is 2.25. The molecule has 1 amide bonds. The van der Waals surface area contributed by atoms with Crippen LogP contribution in [0.2, 0.25) is 0 Å². The van der Waals surface area contributed by atoms with E-state index in [1.54, 1.807) is 7.05 Å². The van der Waals surface area contributed by atoms with Crippen LogP contribution in [0.25, 0.3) is 0 Å². The van der Waals surface area contributed by atoms with E-state index in [0.29, 0.717) is 5.41 Å². The Kier molecular flexibility index (Phi) is 4.74.